The van der Waals surface area contributed by atoms with Gasteiger partial charge < -0.3 is 43.7 Å². The van der Waals surface area contributed by atoms with Gasteiger partial charge in [0.1, 0.15) is 0 Å². The second kappa shape index (κ2) is 12.2. The Bertz CT molecular complexity index is 398. The first-order valence-electron chi connectivity index (χ1n) is 3.03. The van der Waals surface area contributed by atoms with Crippen LogP contribution in [0.4, 0.5) is 0 Å². The van der Waals surface area contributed by atoms with Gasteiger partial charge in [-0.3, -0.25) is 4.31 Å². The van der Waals surface area contributed by atoms with E-state index >= 15 is 0 Å². The maximum atomic E-state index is 10.3. The fraction of sp³-hybridized carbons (Fsp3) is 0. The zero-order chi connectivity index (χ0) is 15.4. The first-order valence-corrected chi connectivity index (χ1v) is 9.08. The van der Waals surface area contributed by atoms with E-state index in [1.807, 2.05) is 0 Å². The molecule has 20 heavy (non-hydrogen) atoms. The molecule has 112 valence electrons. The summed E-state index contributed by atoms with van der Waals surface area (Å²) in [6.45, 7) is 0. The zero-order valence-corrected chi connectivity index (χ0v) is 19.6. The third kappa shape index (κ3) is 37.8. The van der Waals surface area contributed by atoms with E-state index in [-0.39, 0.29) is 103 Å². The second-order valence-electron chi connectivity index (χ2n) is 2.08. The van der Waals surface area contributed by atoms with Crippen molar-refractivity contribution in [2.45, 2.75) is 0 Å². The monoisotopic (exact) mass is 432 g/mol. The van der Waals surface area contributed by atoms with Gasteiger partial charge in [-0.25, -0.2) is 13.7 Å². The molecule has 0 saturated heterocycles. The Morgan fingerprint density at radius 3 is 1.10 bits per heavy atom. The molecule has 0 aliphatic heterocycles. The summed E-state index contributed by atoms with van der Waals surface area (Å²) in [5.41, 5.74) is 0. The van der Waals surface area contributed by atoms with E-state index in [2.05, 4.69) is 8.62 Å². The maximum Gasteiger partial charge on any atom is 1.00 e. The Morgan fingerprint density at radius 2 is 0.950 bits per heavy atom. The van der Waals surface area contributed by atoms with Crippen LogP contribution in [0.2, 0.25) is 0 Å². The van der Waals surface area contributed by atoms with Crippen molar-refractivity contribution < 1.29 is 169 Å². The summed E-state index contributed by atoms with van der Waals surface area (Å²) < 4.78 is 44.6. The molecule has 0 aromatic carbocycles. The number of hydrogen-bond acceptors (Lipinski definition) is 8. The third-order valence-corrected chi connectivity index (χ3v) is 3.71. The van der Waals surface area contributed by atoms with Crippen molar-refractivity contribution in [3.05, 3.63) is 0 Å². The van der Waals surface area contributed by atoms with Gasteiger partial charge in [-0.15, -0.1) is 0 Å². The Labute approximate surface area is 196 Å². The summed E-state index contributed by atoms with van der Waals surface area (Å²) in [6, 6.07) is 0. The van der Waals surface area contributed by atoms with Crippen LogP contribution in [0, 0.1) is 0 Å². The number of rotatable bonds is 4. The van der Waals surface area contributed by atoms with Gasteiger partial charge in [0.05, 0.1) is 7.82 Å². The standard InChI is InChI=1S/2K.H5O10P3.H3O4P/c;;1-11(2,3)9-13(7,8)10-12(4,5)6;1-5(2,3)4/h;;(H,7,8)(H2,1,2,3)(H2,4,5,6);(H3,1,2,3,4)/q2*+1;;/p-2. The van der Waals surface area contributed by atoms with Gasteiger partial charge in [0.15, 0.2) is 0 Å². The van der Waals surface area contributed by atoms with Gasteiger partial charge in [-0.1, -0.05) is 0 Å². The van der Waals surface area contributed by atoms with Crippen molar-refractivity contribution in [1.82, 2.24) is 0 Å². The van der Waals surface area contributed by atoms with E-state index < -0.39 is 31.3 Å². The van der Waals surface area contributed by atoms with Gasteiger partial charge in [-0.05, 0) is 0 Å². The average molecular weight is 432 g/mol. The number of hydrogen-bond donors (Lipinski definition) is 6. The maximum absolute atomic E-state index is 10.3. The predicted octanol–water partition coefficient (Wildman–Crippen LogP) is -8.88. The molecule has 1 unspecified atom stereocenters. The Hall–Kier alpha value is 3.79. The van der Waals surface area contributed by atoms with Gasteiger partial charge in [0.2, 0.25) is 0 Å². The van der Waals surface area contributed by atoms with Crippen LogP contribution in [0.1, 0.15) is 0 Å². The van der Waals surface area contributed by atoms with E-state index in [9.17, 15) is 23.5 Å². The first-order chi connectivity index (χ1) is 7.41. The second-order valence-corrected chi connectivity index (χ2v) is 7.23. The Balaban J connectivity index is -0.000000158. The van der Waals surface area contributed by atoms with Crippen LogP contribution in [-0.4, -0.2) is 29.4 Å². The molecular formula is H6K2O14P4. The molecule has 0 rings (SSSR count). The van der Waals surface area contributed by atoms with E-state index in [1.54, 1.807) is 0 Å². The molecule has 1 atom stereocenters. The van der Waals surface area contributed by atoms with Crippen LogP contribution in [0.25, 0.3) is 0 Å². The molecular weight excluding hydrogens is 426 g/mol. The summed E-state index contributed by atoms with van der Waals surface area (Å²) in [5, 5.41) is 0. The Kier molecular flexibility index (Phi) is 19.2. The molecule has 0 fully saturated rings. The quantitative estimate of drug-likeness (QED) is 0.178. The first kappa shape index (κ1) is 31.6. The molecule has 0 bridgehead atoms. The minimum absolute atomic E-state index is 0. The van der Waals surface area contributed by atoms with Crippen molar-refractivity contribution in [2.24, 2.45) is 0 Å². The average Bonchev–Trinajstić information content (AvgIpc) is 1.64. The largest absolute Gasteiger partial charge is 1.00 e. The van der Waals surface area contributed by atoms with E-state index in [4.69, 9.17) is 33.9 Å². The smallest absolute Gasteiger partial charge is 0.789 e. The molecule has 0 radical (unpaired) electrons. The molecule has 14 nitrogen and oxygen atoms in total. The van der Waals surface area contributed by atoms with Crippen LogP contribution in [0.5, 0.6) is 0 Å². The van der Waals surface area contributed by atoms with Gasteiger partial charge >= 0.3 is 126 Å². The molecule has 0 heterocycles. The van der Waals surface area contributed by atoms with Crippen LogP contribution in [0.15, 0.2) is 0 Å². The topological polar surface area (TPSA) is 254 Å². The summed E-state index contributed by atoms with van der Waals surface area (Å²) in [6.07, 6.45) is 0. The Morgan fingerprint density at radius 1 is 0.700 bits per heavy atom. The fourth-order valence-corrected chi connectivity index (χ4v) is 2.75. The van der Waals surface area contributed by atoms with Crippen LogP contribution < -0.4 is 113 Å². The third-order valence-electron chi connectivity index (χ3n) is 0.413. The molecule has 20 heteroatoms. The van der Waals surface area contributed by atoms with Gasteiger partial charge in [0, 0.05) is 0 Å². The van der Waals surface area contributed by atoms with Crippen molar-refractivity contribution >= 4 is 31.3 Å². The van der Waals surface area contributed by atoms with Crippen molar-refractivity contribution in [3.63, 3.8) is 0 Å². The zero-order valence-electron chi connectivity index (χ0n) is 9.74. The molecule has 0 aliphatic carbocycles. The van der Waals surface area contributed by atoms with Crippen molar-refractivity contribution in [2.75, 3.05) is 0 Å². The van der Waals surface area contributed by atoms with Crippen LogP contribution in [-0.2, 0) is 26.9 Å². The molecule has 0 amide bonds. The molecule has 0 aliphatic rings. The normalized spacial score (nSPS) is 14.8. The van der Waals surface area contributed by atoms with Crippen LogP contribution in [0.3, 0.4) is 0 Å². The van der Waals surface area contributed by atoms with E-state index in [0.29, 0.717) is 0 Å². The molecule has 0 aromatic heterocycles. The minimum Gasteiger partial charge on any atom is -0.789 e. The van der Waals surface area contributed by atoms with Gasteiger partial charge in [0.25, 0.3) is 0 Å². The summed E-state index contributed by atoms with van der Waals surface area (Å²) in [4.78, 5) is 65.1. The number of phosphoric acid groups is 4. The van der Waals surface area contributed by atoms with Gasteiger partial charge in [-0.2, -0.15) is 4.31 Å². The minimum atomic E-state index is -5.85. The molecule has 6 N–H and O–H groups in total. The summed E-state index contributed by atoms with van der Waals surface area (Å²) >= 11 is 0. The molecule has 0 spiro atoms. The summed E-state index contributed by atoms with van der Waals surface area (Å²) in [5.74, 6) is 0. The molecule has 0 aromatic rings. The summed E-state index contributed by atoms with van der Waals surface area (Å²) in [7, 11) is -21.5. The molecule has 0 saturated carbocycles. The predicted molar refractivity (Wildman–Crippen MR) is 45.9 cm³/mol. The SMILES string of the molecule is O=P(O)(O)O.O=P([O-])([O-])OP(=O)(O)OP(=O)(O)O.[K+].[K+]. The van der Waals surface area contributed by atoms with E-state index in [0.717, 1.165) is 0 Å². The van der Waals surface area contributed by atoms with Crippen LogP contribution >= 0.6 is 31.3 Å². The fourth-order valence-electron chi connectivity index (χ4n) is 0.276. The van der Waals surface area contributed by atoms with E-state index in [1.165, 1.54) is 0 Å². The van der Waals surface area contributed by atoms with Crippen molar-refractivity contribution in [3.8, 4) is 0 Å². The van der Waals surface area contributed by atoms with Crippen molar-refractivity contribution in [1.29, 1.82) is 0 Å².